The number of aliphatic carboxylic acids is 1. The number of benzene rings is 2. The Morgan fingerprint density at radius 1 is 1.17 bits per heavy atom. The maximum atomic E-state index is 11.8. The van der Waals surface area contributed by atoms with Crippen LogP contribution in [0.2, 0.25) is 0 Å². The molecule has 0 amide bonds. The number of nitrogens with one attached hydrogen (secondary N) is 3. The van der Waals surface area contributed by atoms with Gasteiger partial charge < -0.3 is 25.1 Å². The summed E-state index contributed by atoms with van der Waals surface area (Å²) in [4.78, 5) is 22.2. The van der Waals surface area contributed by atoms with Crippen LogP contribution in [0, 0.1) is 0 Å². The second-order valence-corrected chi connectivity index (χ2v) is 7.09. The number of H-pyrrole nitrogens is 2. The third-order valence-corrected chi connectivity index (χ3v) is 5.04. The molecule has 4 aromatic rings. The Hall–Kier alpha value is -3.74. The van der Waals surface area contributed by atoms with Crippen molar-refractivity contribution in [3.8, 4) is 5.75 Å². The Morgan fingerprint density at radius 2 is 2.03 bits per heavy atom. The molecule has 7 heteroatoms. The maximum Gasteiger partial charge on any atom is 0.311 e. The Bertz CT molecular complexity index is 1090. The Morgan fingerprint density at radius 3 is 2.80 bits per heavy atom. The first-order valence-corrected chi connectivity index (χ1v) is 9.94. The van der Waals surface area contributed by atoms with Gasteiger partial charge in [0.25, 0.3) is 0 Å². The molecule has 0 aliphatic heterocycles. The highest BCUT2D eigenvalue weighted by atomic mass is 16.5. The molecule has 0 aliphatic rings. The lowest BCUT2D eigenvalue weighted by Crippen LogP contribution is -2.14. The van der Waals surface area contributed by atoms with Crippen molar-refractivity contribution in [3.63, 3.8) is 0 Å². The van der Waals surface area contributed by atoms with Crippen molar-refractivity contribution in [2.75, 3.05) is 18.5 Å². The van der Waals surface area contributed by atoms with Gasteiger partial charge in [0.15, 0.2) is 5.95 Å². The van der Waals surface area contributed by atoms with E-state index >= 15 is 0 Å². The Kier molecular flexibility index (Phi) is 5.98. The highest BCUT2D eigenvalue weighted by molar-refractivity contribution is 5.86. The molecule has 0 radical (unpaired) electrons. The van der Waals surface area contributed by atoms with E-state index in [0.29, 0.717) is 13.0 Å². The summed E-state index contributed by atoms with van der Waals surface area (Å²) < 4.78 is 5.85. The van der Waals surface area contributed by atoms with Gasteiger partial charge in [-0.2, -0.15) is 0 Å². The van der Waals surface area contributed by atoms with Gasteiger partial charge in [-0.05, 0) is 36.1 Å². The lowest BCUT2D eigenvalue weighted by Gasteiger charge is -2.12. The fourth-order valence-corrected chi connectivity index (χ4v) is 3.51. The first kappa shape index (κ1) is 19.6. The van der Waals surface area contributed by atoms with Crippen LogP contribution in [0.4, 0.5) is 5.95 Å². The van der Waals surface area contributed by atoms with Crippen LogP contribution in [0.25, 0.3) is 10.9 Å². The van der Waals surface area contributed by atoms with Crippen LogP contribution in [-0.2, 0) is 11.2 Å². The molecule has 7 nitrogen and oxygen atoms in total. The van der Waals surface area contributed by atoms with E-state index in [2.05, 4.69) is 20.3 Å². The summed E-state index contributed by atoms with van der Waals surface area (Å²) in [5, 5.41) is 13.9. The van der Waals surface area contributed by atoms with Crippen molar-refractivity contribution < 1.29 is 14.6 Å². The zero-order valence-electron chi connectivity index (χ0n) is 16.5. The van der Waals surface area contributed by atoms with E-state index in [-0.39, 0.29) is 0 Å². The molecule has 0 fully saturated rings. The summed E-state index contributed by atoms with van der Waals surface area (Å²) in [6.45, 7) is 1.35. The first-order valence-electron chi connectivity index (χ1n) is 9.94. The maximum absolute atomic E-state index is 11.8. The number of aromatic amines is 2. The fraction of sp³-hybridized carbons (Fsp3) is 0.217. The van der Waals surface area contributed by atoms with E-state index in [1.807, 2.05) is 54.7 Å². The van der Waals surface area contributed by atoms with E-state index in [4.69, 9.17) is 4.74 Å². The SMILES string of the molecule is O=C(O)C(Cc1c[nH]c2cc(OCCCNc3ncc[nH]3)ccc12)c1ccccc1. The average Bonchev–Trinajstić information content (AvgIpc) is 3.42. The molecule has 2 heterocycles. The summed E-state index contributed by atoms with van der Waals surface area (Å²) in [5.74, 6) is 0.138. The van der Waals surface area contributed by atoms with Crippen LogP contribution in [0.5, 0.6) is 5.75 Å². The van der Waals surface area contributed by atoms with Crippen LogP contribution in [0.1, 0.15) is 23.5 Å². The standard InChI is InChI=1S/C23H24N4O3/c28-22(29)20(16-5-2-1-3-6-16)13-17-15-27-21-14-18(7-8-19(17)21)30-12-4-9-24-23-25-10-11-26-23/h1-3,5-8,10-11,14-15,20,27H,4,9,12-13H2,(H,28,29)(H2,24,25,26). The number of carboxylic acid groups (broad SMARTS) is 1. The minimum absolute atomic E-state index is 0.429. The minimum Gasteiger partial charge on any atom is -0.493 e. The number of hydrogen-bond acceptors (Lipinski definition) is 4. The van der Waals surface area contributed by atoms with Crippen molar-refractivity contribution in [2.24, 2.45) is 0 Å². The molecule has 1 unspecified atom stereocenters. The number of aromatic nitrogens is 3. The lowest BCUT2D eigenvalue weighted by atomic mass is 9.92. The van der Waals surface area contributed by atoms with Crippen LogP contribution < -0.4 is 10.1 Å². The smallest absolute Gasteiger partial charge is 0.311 e. The van der Waals surface area contributed by atoms with Crippen LogP contribution in [0.3, 0.4) is 0 Å². The topological polar surface area (TPSA) is 103 Å². The molecule has 0 aliphatic carbocycles. The van der Waals surface area contributed by atoms with E-state index in [1.165, 1.54) is 0 Å². The van der Waals surface area contributed by atoms with Crippen LogP contribution in [-0.4, -0.2) is 39.2 Å². The second-order valence-electron chi connectivity index (χ2n) is 7.09. The summed E-state index contributed by atoms with van der Waals surface area (Å²) in [6, 6.07) is 15.2. The summed E-state index contributed by atoms with van der Waals surface area (Å²) >= 11 is 0. The number of hydrogen-bond donors (Lipinski definition) is 4. The molecule has 2 aromatic heterocycles. The summed E-state index contributed by atoms with van der Waals surface area (Å²) in [5.41, 5.74) is 2.73. The monoisotopic (exact) mass is 404 g/mol. The number of imidazole rings is 1. The van der Waals surface area contributed by atoms with Gasteiger partial charge in [-0.1, -0.05) is 30.3 Å². The molecule has 4 rings (SSSR count). The molecule has 0 saturated carbocycles. The molecule has 0 spiro atoms. The predicted molar refractivity (Wildman–Crippen MR) is 116 cm³/mol. The van der Waals surface area contributed by atoms with Crippen molar-refractivity contribution in [1.82, 2.24) is 15.0 Å². The first-order chi connectivity index (χ1) is 14.7. The van der Waals surface area contributed by atoms with Gasteiger partial charge in [-0.15, -0.1) is 0 Å². The molecule has 0 saturated heterocycles. The number of nitrogens with zero attached hydrogens (tertiary/aromatic N) is 1. The highest BCUT2D eigenvalue weighted by Gasteiger charge is 2.21. The van der Waals surface area contributed by atoms with Crippen LogP contribution in [0.15, 0.2) is 67.1 Å². The quantitative estimate of drug-likeness (QED) is 0.297. The van der Waals surface area contributed by atoms with Crippen molar-refractivity contribution in [2.45, 2.75) is 18.8 Å². The van der Waals surface area contributed by atoms with E-state index in [0.717, 1.165) is 46.7 Å². The molecule has 0 bridgehead atoms. The third-order valence-electron chi connectivity index (χ3n) is 5.04. The summed E-state index contributed by atoms with van der Waals surface area (Å²) in [6.07, 6.45) is 6.64. The van der Waals surface area contributed by atoms with Crippen LogP contribution >= 0.6 is 0 Å². The third kappa shape index (κ3) is 4.63. The van der Waals surface area contributed by atoms with Gasteiger partial charge in [0.1, 0.15) is 5.75 Å². The summed E-state index contributed by atoms with van der Waals surface area (Å²) in [7, 11) is 0. The molecule has 2 aromatic carbocycles. The van der Waals surface area contributed by atoms with Crippen molar-refractivity contribution >= 4 is 22.8 Å². The molecule has 4 N–H and O–H groups in total. The average molecular weight is 404 g/mol. The van der Waals surface area contributed by atoms with E-state index in [1.54, 1.807) is 12.4 Å². The fourth-order valence-electron chi connectivity index (χ4n) is 3.51. The zero-order valence-corrected chi connectivity index (χ0v) is 16.5. The molecular weight excluding hydrogens is 380 g/mol. The van der Waals surface area contributed by atoms with Crippen molar-refractivity contribution in [3.05, 3.63) is 78.2 Å². The predicted octanol–water partition coefficient (Wildman–Crippen LogP) is 4.18. The molecule has 30 heavy (non-hydrogen) atoms. The van der Waals surface area contributed by atoms with Gasteiger partial charge in [-0.3, -0.25) is 4.79 Å². The molecular formula is C23H24N4O3. The molecule has 1 atom stereocenters. The number of ether oxygens (including phenoxy) is 1. The lowest BCUT2D eigenvalue weighted by molar-refractivity contribution is -0.138. The van der Waals surface area contributed by atoms with Gasteiger partial charge in [0.2, 0.25) is 0 Å². The largest absolute Gasteiger partial charge is 0.493 e. The Labute approximate surface area is 174 Å². The van der Waals surface area contributed by atoms with Gasteiger partial charge in [0.05, 0.1) is 12.5 Å². The highest BCUT2D eigenvalue weighted by Crippen LogP contribution is 2.28. The normalized spacial score (nSPS) is 12.0. The number of fused-ring (bicyclic) bond motifs is 1. The van der Waals surface area contributed by atoms with Gasteiger partial charge >= 0.3 is 5.97 Å². The van der Waals surface area contributed by atoms with Crippen molar-refractivity contribution in [1.29, 1.82) is 0 Å². The zero-order chi connectivity index (χ0) is 20.8. The van der Waals surface area contributed by atoms with Gasteiger partial charge in [0, 0.05) is 42.1 Å². The van der Waals surface area contributed by atoms with E-state index < -0.39 is 11.9 Å². The molecule has 154 valence electrons. The Balaban J connectivity index is 1.37. The number of carbonyl (C=O) groups is 1. The second kappa shape index (κ2) is 9.17. The van der Waals surface area contributed by atoms with E-state index in [9.17, 15) is 9.90 Å². The minimum atomic E-state index is -0.821. The van der Waals surface area contributed by atoms with Gasteiger partial charge in [-0.25, -0.2) is 4.98 Å². The number of anilines is 1. The number of rotatable bonds is 10. The number of carboxylic acids is 1.